The third kappa shape index (κ3) is 3.33. The monoisotopic (exact) mass is 249 g/mol. The minimum absolute atomic E-state index is 0.0915. The number of halogens is 3. The fraction of sp³-hybridized carbons (Fsp3) is 0.400. The molecular formula is C10H10F3NO3. The Balaban J connectivity index is 3.08. The molecule has 4 nitrogen and oxygen atoms in total. The Kier molecular flexibility index (Phi) is 4.30. The zero-order chi connectivity index (χ0) is 13.0. The molecule has 0 radical (unpaired) electrons. The molecule has 7 heteroatoms. The minimum atomic E-state index is -2.98. The smallest absolute Gasteiger partial charge is 0.311 e. The molecule has 0 unspecified atom stereocenters. The van der Waals surface area contributed by atoms with Crippen LogP contribution in [-0.2, 0) is 16.0 Å². The molecule has 1 aromatic rings. The Morgan fingerprint density at radius 1 is 1.53 bits per heavy atom. The van der Waals surface area contributed by atoms with Gasteiger partial charge in [-0.2, -0.15) is 0 Å². The lowest BCUT2D eigenvalue weighted by Gasteiger charge is -2.08. The molecule has 1 rings (SSSR count). The summed E-state index contributed by atoms with van der Waals surface area (Å²) in [5.74, 6) is -2.08. The summed E-state index contributed by atoms with van der Waals surface area (Å²) in [6.45, 7) is 1.65. The summed E-state index contributed by atoms with van der Waals surface area (Å²) in [4.78, 5) is 23.9. The van der Waals surface area contributed by atoms with E-state index in [1.165, 1.54) is 0 Å². The van der Waals surface area contributed by atoms with Crippen LogP contribution in [0.5, 0.6) is 0 Å². The van der Waals surface area contributed by atoms with Gasteiger partial charge in [-0.15, -0.1) is 0 Å². The number of hydrogen-bond donors (Lipinski definition) is 1. The third-order valence-corrected chi connectivity index (χ3v) is 1.97. The van der Waals surface area contributed by atoms with Gasteiger partial charge in [0.05, 0.1) is 13.0 Å². The van der Waals surface area contributed by atoms with E-state index in [-0.39, 0.29) is 12.3 Å². The first kappa shape index (κ1) is 13.3. The van der Waals surface area contributed by atoms with Gasteiger partial charge >= 0.3 is 5.97 Å². The number of carbonyl (C=O) groups is 1. The van der Waals surface area contributed by atoms with E-state index in [9.17, 15) is 22.8 Å². The van der Waals surface area contributed by atoms with Crippen LogP contribution >= 0.6 is 0 Å². The summed E-state index contributed by atoms with van der Waals surface area (Å²) in [6.07, 6.45) is -3.51. The molecule has 0 saturated carbocycles. The third-order valence-electron chi connectivity index (χ3n) is 1.97. The summed E-state index contributed by atoms with van der Waals surface area (Å²) in [5, 5.41) is 0. The second-order valence-electron chi connectivity index (χ2n) is 3.16. The molecular weight excluding hydrogens is 239 g/mol. The van der Waals surface area contributed by atoms with Crippen LogP contribution in [0.3, 0.4) is 0 Å². The zero-order valence-electron chi connectivity index (χ0n) is 8.93. The maximum Gasteiger partial charge on any atom is 0.311 e. The molecule has 0 bridgehead atoms. The van der Waals surface area contributed by atoms with Gasteiger partial charge in [-0.1, -0.05) is 0 Å². The summed E-state index contributed by atoms with van der Waals surface area (Å²) in [7, 11) is 0. The van der Waals surface area contributed by atoms with Crippen molar-refractivity contribution >= 4 is 5.97 Å². The summed E-state index contributed by atoms with van der Waals surface area (Å²) in [5.41, 5.74) is -2.19. The number of hydrogen-bond acceptors (Lipinski definition) is 3. The van der Waals surface area contributed by atoms with E-state index in [1.807, 2.05) is 4.98 Å². The largest absolute Gasteiger partial charge is 0.466 e. The van der Waals surface area contributed by atoms with Gasteiger partial charge in [-0.25, -0.2) is 13.2 Å². The molecule has 0 aliphatic rings. The van der Waals surface area contributed by atoms with E-state index in [2.05, 4.69) is 4.74 Å². The minimum Gasteiger partial charge on any atom is -0.466 e. The van der Waals surface area contributed by atoms with Crippen molar-refractivity contribution in [3.63, 3.8) is 0 Å². The topological polar surface area (TPSA) is 59.2 Å². The molecule has 17 heavy (non-hydrogen) atoms. The van der Waals surface area contributed by atoms with Gasteiger partial charge in [-0.05, 0) is 13.0 Å². The summed E-state index contributed by atoms with van der Waals surface area (Å²) in [6, 6.07) is 0.429. The average Bonchev–Trinajstić information content (AvgIpc) is 2.23. The van der Waals surface area contributed by atoms with Crippen molar-refractivity contribution < 1.29 is 22.7 Å². The van der Waals surface area contributed by atoms with Gasteiger partial charge in [-0.3, -0.25) is 9.59 Å². The van der Waals surface area contributed by atoms with Crippen molar-refractivity contribution in [1.82, 2.24) is 4.98 Å². The van der Waals surface area contributed by atoms with Crippen LogP contribution in [0, 0.1) is 5.82 Å². The van der Waals surface area contributed by atoms with Gasteiger partial charge in [0.1, 0.15) is 0 Å². The first-order chi connectivity index (χ1) is 7.95. The number of alkyl halides is 2. The maximum atomic E-state index is 12.8. The number of rotatable bonds is 4. The van der Waals surface area contributed by atoms with E-state index in [1.54, 1.807) is 6.92 Å². The molecule has 0 saturated heterocycles. The highest BCUT2D eigenvalue weighted by molar-refractivity contribution is 5.72. The molecule has 0 aliphatic heterocycles. The van der Waals surface area contributed by atoms with Gasteiger partial charge in [0.15, 0.2) is 5.82 Å². The van der Waals surface area contributed by atoms with Crippen LogP contribution < -0.4 is 5.56 Å². The highest BCUT2D eigenvalue weighted by Crippen LogP contribution is 2.21. The molecule has 1 aromatic heterocycles. The van der Waals surface area contributed by atoms with Crippen LogP contribution in [-0.4, -0.2) is 17.6 Å². The summed E-state index contributed by atoms with van der Waals surface area (Å²) < 4.78 is 42.4. The van der Waals surface area contributed by atoms with E-state index in [0.717, 1.165) is 0 Å². The first-order valence-electron chi connectivity index (χ1n) is 4.81. The fourth-order valence-electron chi connectivity index (χ4n) is 1.26. The SMILES string of the molecule is CCOC(=O)Cc1[nH]c(=O)c(F)cc1C(F)F. The van der Waals surface area contributed by atoms with Gasteiger partial charge in [0, 0.05) is 11.3 Å². The van der Waals surface area contributed by atoms with Gasteiger partial charge in [0.25, 0.3) is 12.0 Å². The summed E-state index contributed by atoms with van der Waals surface area (Å²) >= 11 is 0. The molecule has 0 aliphatic carbocycles. The zero-order valence-corrected chi connectivity index (χ0v) is 8.93. The highest BCUT2D eigenvalue weighted by Gasteiger charge is 2.19. The van der Waals surface area contributed by atoms with Crippen molar-refractivity contribution in [2.24, 2.45) is 0 Å². The Labute approximate surface area is 94.4 Å². The number of pyridine rings is 1. The van der Waals surface area contributed by atoms with E-state index < -0.39 is 35.8 Å². The van der Waals surface area contributed by atoms with Crippen molar-refractivity contribution in [2.75, 3.05) is 6.61 Å². The van der Waals surface area contributed by atoms with Crippen LogP contribution in [0.25, 0.3) is 0 Å². The Hall–Kier alpha value is -1.79. The number of H-pyrrole nitrogens is 1. The predicted octanol–water partition coefficient (Wildman–Crippen LogP) is 1.56. The van der Waals surface area contributed by atoms with E-state index >= 15 is 0 Å². The number of carbonyl (C=O) groups excluding carboxylic acids is 1. The molecule has 0 atom stereocenters. The highest BCUT2D eigenvalue weighted by atomic mass is 19.3. The van der Waals surface area contributed by atoms with Gasteiger partial charge in [0.2, 0.25) is 0 Å². The second kappa shape index (κ2) is 5.51. The number of nitrogens with one attached hydrogen (secondary N) is 1. The molecule has 0 amide bonds. The van der Waals surface area contributed by atoms with E-state index in [0.29, 0.717) is 6.07 Å². The van der Waals surface area contributed by atoms with Crippen LogP contribution in [0.2, 0.25) is 0 Å². The quantitative estimate of drug-likeness (QED) is 0.824. The molecule has 0 fully saturated rings. The van der Waals surface area contributed by atoms with Gasteiger partial charge < -0.3 is 9.72 Å². The Morgan fingerprint density at radius 3 is 2.71 bits per heavy atom. The normalized spacial score (nSPS) is 10.6. The van der Waals surface area contributed by atoms with Crippen LogP contribution in [0.1, 0.15) is 24.6 Å². The molecule has 0 aromatic carbocycles. The van der Waals surface area contributed by atoms with Crippen molar-refractivity contribution in [1.29, 1.82) is 0 Å². The number of ether oxygens (including phenoxy) is 1. The maximum absolute atomic E-state index is 12.8. The molecule has 1 heterocycles. The lowest BCUT2D eigenvalue weighted by molar-refractivity contribution is -0.142. The lowest BCUT2D eigenvalue weighted by Crippen LogP contribution is -2.19. The second-order valence-corrected chi connectivity index (χ2v) is 3.16. The van der Waals surface area contributed by atoms with Crippen molar-refractivity contribution in [2.45, 2.75) is 19.8 Å². The standard InChI is InChI=1S/C10H10F3NO3/c1-2-17-8(15)4-7-5(9(12)13)3-6(11)10(16)14-7/h3,9H,2,4H2,1H3,(H,14,16). The molecule has 1 N–H and O–H groups in total. The first-order valence-corrected chi connectivity index (χ1v) is 4.81. The van der Waals surface area contributed by atoms with Crippen molar-refractivity contribution in [3.05, 3.63) is 33.5 Å². The number of aromatic amines is 1. The molecule has 94 valence electrons. The Morgan fingerprint density at radius 2 is 2.18 bits per heavy atom. The van der Waals surface area contributed by atoms with E-state index in [4.69, 9.17) is 0 Å². The molecule has 0 spiro atoms. The number of aromatic nitrogens is 1. The average molecular weight is 249 g/mol. The fourth-order valence-corrected chi connectivity index (χ4v) is 1.26. The van der Waals surface area contributed by atoms with Crippen molar-refractivity contribution in [3.8, 4) is 0 Å². The van der Waals surface area contributed by atoms with Crippen LogP contribution in [0.15, 0.2) is 10.9 Å². The lowest BCUT2D eigenvalue weighted by atomic mass is 10.1. The Bertz CT molecular complexity index is 470. The predicted molar refractivity (Wildman–Crippen MR) is 52.3 cm³/mol. The number of esters is 1. The van der Waals surface area contributed by atoms with Crippen LogP contribution in [0.4, 0.5) is 13.2 Å².